The third-order valence-electron chi connectivity index (χ3n) is 6.80. The van der Waals surface area contributed by atoms with E-state index in [1.807, 2.05) is 36.4 Å². The zero-order valence-electron chi connectivity index (χ0n) is 22.5. The van der Waals surface area contributed by atoms with Crippen LogP contribution in [0.3, 0.4) is 0 Å². The van der Waals surface area contributed by atoms with E-state index in [1.165, 1.54) is 6.92 Å². The van der Waals surface area contributed by atoms with E-state index in [-0.39, 0.29) is 17.4 Å². The van der Waals surface area contributed by atoms with Crippen molar-refractivity contribution in [2.75, 3.05) is 40.3 Å². The number of benzene rings is 2. The molecular formula is C30H34N2O6. The lowest BCUT2D eigenvalue weighted by Crippen LogP contribution is -2.26. The minimum Gasteiger partial charge on any atom is -0.497 e. The summed E-state index contributed by atoms with van der Waals surface area (Å²) in [5.41, 5.74) is 4.81. The Morgan fingerprint density at radius 1 is 0.921 bits per heavy atom. The van der Waals surface area contributed by atoms with Crippen LogP contribution in [0.4, 0.5) is 5.69 Å². The first-order valence-corrected chi connectivity index (χ1v) is 12.5. The van der Waals surface area contributed by atoms with Crippen LogP contribution in [0.25, 0.3) is 11.1 Å². The Morgan fingerprint density at radius 3 is 2.29 bits per heavy atom. The van der Waals surface area contributed by atoms with Crippen molar-refractivity contribution >= 4 is 11.6 Å². The van der Waals surface area contributed by atoms with Crippen LogP contribution < -0.4 is 35.0 Å². The molecule has 1 aliphatic carbocycles. The van der Waals surface area contributed by atoms with E-state index < -0.39 is 0 Å². The molecule has 3 aromatic carbocycles. The number of hydrogen-bond acceptors (Lipinski definition) is 7. The van der Waals surface area contributed by atoms with Crippen molar-refractivity contribution < 1.29 is 23.7 Å². The summed E-state index contributed by atoms with van der Waals surface area (Å²) in [5, 5.41) is 6.32. The molecule has 8 heteroatoms. The standard InChI is InChI=1S/C30H34N2O6/c1-18(33)32-24-12-8-20-16-27(36-3)29(37-4)30(38-5)28(20)22-11-13-25(26(34)17-23(22)24)31-15-14-19-6-9-21(35-2)10-7-19/h6-7,9-11,13,16-17,24H,8,12,14-15H2,1-5H3,(H,31,34)(H,32,33)/t24-/m1/s1. The molecule has 1 amide bonds. The average molecular weight is 519 g/mol. The third kappa shape index (κ3) is 5.54. The van der Waals surface area contributed by atoms with Crippen molar-refractivity contribution in [2.45, 2.75) is 32.2 Å². The molecule has 0 heterocycles. The molecule has 1 atom stereocenters. The Bertz CT molecular complexity index is 1370. The van der Waals surface area contributed by atoms with Gasteiger partial charge in [0.2, 0.25) is 17.1 Å². The average Bonchev–Trinajstić information content (AvgIpc) is 3.16. The molecule has 4 rings (SSSR count). The Labute approximate surface area is 222 Å². The SMILES string of the molecule is COc1ccc(CCNc2ccc3c(cc2=O)[C@H](NC(C)=O)CCc2cc(OC)c(OC)c(OC)c2-3)cc1. The Hall–Kier alpha value is -4.20. The van der Waals surface area contributed by atoms with Gasteiger partial charge in [-0.1, -0.05) is 18.2 Å². The number of amides is 1. The number of anilines is 1. The summed E-state index contributed by atoms with van der Waals surface area (Å²) in [7, 11) is 6.38. The van der Waals surface area contributed by atoms with Crippen molar-refractivity contribution in [1.82, 2.24) is 5.32 Å². The number of rotatable bonds is 9. The highest BCUT2D eigenvalue weighted by molar-refractivity contribution is 5.83. The lowest BCUT2D eigenvalue weighted by atomic mass is 9.95. The van der Waals surface area contributed by atoms with E-state index in [0.717, 1.165) is 40.0 Å². The number of carbonyl (C=O) groups excluding carboxylic acids is 1. The number of aryl methyl sites for hydroxylation is 1. The lowest BCUT2D eigenvalue weighted by molar-refractivity contribution is -0.119. The molecule has 0 bridgehead atoms. The van der Waals surface area contributed by atoms with Crippen molar-refractivity contribution in [3.63, 3.8) is 0 Å². The smallest absolute Gasteiger partial charge is 0.217 e. The summed E-state index contributed by atoms with van der Waals surface area (Å²) in [6.45, 7) is 2.06. The van der Waals surface area contributed by atoms with Gasteiger partial charge in [0.1, 0.15) is 5.75 Å². The number of fused-ring (bicyclic) bond motifs is 3. The number of ether oxygens (including phenoxy) is 4. The van der Waals surface area contributed by atoms with Gasteiger partial charge in [-0.3, -0.25) is 9.59 Å². The number of hydrogen-bond donors (Lipinski definition) is 2. The minimum absolute atomic E-state index is 0.153. The van der Waals surface area contributed by atoms with Gasteiger partial charge in [0.05, 0.1) is 40.2 Å². The summed E-state index contributed by atoms with van der Waals surface area (Å²) in [5.74, 6) is 2.21. The van der Waals surface area contributed by atoms with E-state index in [9.17, 15) is 9.59 Å². The third-order valence-corrected chi connectivity index (χ3v) is 6.80. The van der Waals surface area contributed by atoms with Gasteiger partial charge in [0, 0.05) is 19.0 Å². The molecule has 8 nitrogen and oxygen atoms in total. The number of methoxy groups -OCH3 is 4. The molecule has 1 aliphatic rings. The van der Waals surface area contributed by atoms with E-state index >= 15 is 0 Å². The molecule has 38 heavy (non-hydrogen) atoms. The minimum atomic E-state index is -0.344. The molecule has 0 saturated heterocycles. The summed E-state index contributed by atoms with van der Waals surface area (Å²) in [6.07, 6.45) is 2.00. The fourth-order valence-electron chi connectivity index (χ4n) is 4.99. The van der Waals surface area contributed by atoms with Crippen LogP contribution >= 0.6 is 0 Å². The molecule has 0 aromatic heterocycles. The van der Waals surface area contributed by atoms with Gasteiger partial charge >= 0.3 is 0 Å². The fraction of sp³-hybridized carbons (Fsp3) is 0.333. The van der Waals surface area contributed by atoms with E-state index in [4.69, 9.17) is 18.9 Å². The number of carbonyl (C=O) groups is 1. The van der Waals surface area contributed by atoms with Crippen LogP contribution in [0.2, 0.25) is 0 Å². The first-order chi connectivity index (χ1) is 18.4. The highest BCUT2D eigenvalue weighted by atomic mass is 16.5. The predicted molar refractivity (Wildman–Crippen MR) is 148 cm³/mol. The molecule has 0 fully saturated rings. The van der Waals surface area contributed by atoms with Crippen LogP contribution in [0, 0.1) is 0 Å². The lowest BCUT2D eigenvalue weighted by Gasteiger charge is -2.19. The highest BCUT2D eigenvalue weighted by Gasteiger charge is 2.29. The topological polar surface area (TPSA) is 95.1 Å². The normalized spacial score (nSPS) is 13.9. The van der Waals surface area contributed by atoms with Gasteiger partial charge in [-0.2, -0.15) is 0 Å². The Balaban J connectivity index is 1.78. The second-order valence-corrected chi connectivity index (χ2v) is 9.12. The van der Waals surface area contributed by atoms with Crippen molar-refractivity contribution in [2.24, 2.45) is 0 Å². The maximum Gasteiger partial charge on any atom is 0.217 e. The van der Waals surface area contributed by atoms with Gasteiger partial charge in [-0.25, -0.2) is 0 Å². The molecule has 0 radical (unpaired) electrons. The van der Waals surface area contributed by atoms with Crippen molar-refractivity contribution in [1.29, 1.82) is 0 Å². The first kappa shape index (κ1) is 26.9. The second-order valence-electron chi connectivity index (χ2n) is 9.12. The summed E-state index contributed by atoms with van der Waals surface area (Å²) in [6, 6.07) is 14.8. The summed E-state index contributed by atoms with van der Waals surface area (Å²) < 4.78 is 22.3. The molecule has 0 aliphatic heterocycles. The molecule has 0 unspecified atom stereocenters. The zero-order valence-corrected chi connectivity index (χ0v) is 22.5. The maximum absolute atomic E-state index is 13.4. The Morgan fingerprint density at radius 2 is 1.66 bits per heavy atom. The molecule has 3 aromatic rings. The maximum atomic E-state index is 13.4. The summed E-state index contributed by atoms with van der Waals surface area (Å²) in [4.78, 5) is 25.5. The van der Waals surface area contributed by atoms with E-state index in [0.29, 0.717) is 42.3 Å². The quantitative estimate of drug-likeness (QED) is 0.430. The van der Waals surface area contributed by atoms with Gasteiger partial charge in [0.15, 0.2) is 11.5 Å². The highest BCUT2D eigenvalue weighted by Crippen LogP contribution is 2.50. The van der Waals surface area contributed by atoms with Crippen molar-refractivity contribution in [3.05, 3.63) is 75.4 Å². The fourth-order valence-corrected chi connectivity index (χ4v) is 4.99. The number of nitrogens with one attached hydrogen (secondary N) is 2. The van der Waals surface area contributed by atoms with Crippen LogP contribution in [-0.4, -0.2) is 40.9 Å². The second kappa shape index (κ2) is 11.9. The monoisotopic (exact) mass is 518 g/mol. The molecule has 0 saturated carbocycles. The van der Waals surface area contributed by atoms with Gasteiger partial charge in [0.25, 0.3) is 0 Å². The predicted octanol–water partition coefficient (Wildman–Crippen LogP) is 4.53. The molecule has 0 spiro atoms. The van der Waals surface area contributed by atoms with Crippen molar-refractivity contribution in [3.8, 4) is 34.1 Å². The van der Waals surface area contributed by atoms with Gasteiger partial charge in [-0.15, -0.1) is 0 Å². The van der Waals surface area contributed by atoms with Crippen LogP contribution in [0.5, 0.6) is 23.0 Å². The molecular weight excluding hydrogens is 484 g/mol. The first-order valence-electron chi connectivity index (χ1n) is 12.5. The zero-order chi connectivity index (χ0) is 27.2. The van der Waals surface area contributed by atoms with Crippen LogP contribution in [0.1, 0.15) is 36.1 Å². The largest absolute Gasteiger partial charge is 0.497 e. The molecule has 200 valence electrons. The Kier molecular flexibility index (Phi) is 8.41. The van der Waals surface area contributed by atoms with Gasteiger partial charge in [-0.05, 0) is 71.8 Å². The molecule has 2 N–H and O–H groups in total. The van der Waals surface area contributed by atoms with Crippen LogP contribution in [-0.2, 0) is 17.6 Å². The van der Waals surface area contributed by atoms with Crippen LogP contribution in [0.15, 0.2) is 53.3 Å². The van der Waals surface area contributed by atoms with E-state index in [1.54, 1.807) is 40.6 Å². The summed E-state index contributed by atoms with van der Waals surface area (Å²) >= 11 is 0. The van der Waals surface area contributed by atoms with Gasteiger partial charge < -0.3 is 29.6 Å². The van der Waals surface area contributed by atoms with E-state index in [2.05, 4.69) is 10.6 Å².